The van der Waals surface area contributed by atoms with Crippen LogP contribution in [0.25, 0.3) is 0 Å². The van der Waals surface area contributed by atoms with Gasteiger partial charge in [-0.25, -0.2) is 0 Å². The number of carbonyl (C=O) groups is 2. The van der Waals surface area contributed by atoms with Gasteiger partial charge in [-0.2, -0.15) is 0 Å². The monoisotopic (exact) mass is 203 g/mol. The lowest BCUT2D eigenvalue weighted by Crippen LogP contribution is -2.37. The molecular formula is C9H17NO4. The maximum atomic E-state index is 11.4. The van der Waals surface area contributed by atoms with Gasteiger partial charge in [0.15, 0.2) is 0 Å². The number of ether oxygens (including phenoxy) is 2. The number of carbonyl (C=O) groups excluding carboxylic acids is 2. The van der Waals surface area contributed by atoms with E-state index in [1.165, 1.54) is 19.1 Å². The molecule has 5 nitrogen and oxygen atoms in total. The van der Waals surface area contributed by atoms with Gasteiger partial charge in [0.05, 0.1) is 13.5 Å². The summed E-state index contributed by atoms with van der Waals surface area (Å²) in [6.45, 7) is 2.01. The highest BCUT2D eigenvalue weighted by atomic mass is 16.5. The van der Waals surface area contributed by atoms with Crippen molar-refractivity contribution >= 4 is 11.9 Å². The van der Waals surface area contributed by atoms with Crippen molar-refractivity contribution in [1.29, 1.82) is 0 Å². The summed E-state index contributed by atoms with van der Waals surface area (Å²) in [6.07, 6.45) is -0.271. The first kappa shape index (κ1) is 12.9. The van der Waals surface area contributed by atoms with Gasteiger partial charge in [-0.1, -0.05) is 0 Å². The number of nitrogens with zero attached hydrogens (tertiary/aromatic N) is 1. The van der Waals surface area contributed by atoms with Gasteiger partial charge in [-0.15, -0.1) is 0 Å². The highest BCUT2D eigenvalue weighted by molar-refractivity contribution is 5.80. The van der Waals surface area contributed by atoms with E-state index >= 15 is 0 Å². The van der Waals surface area contributed by atoms with Crippen LogP contribution in [0, 0.1) is 0 Å². The summed E-state index contributed by atoms with van der Waals surface area (Å²) in [5.41, 5.74) is 0. The van der Waals surface area contributed by atoms with Crippen molar-refractivity contribution < 1.29 is 19.1 Å². The maximum Gasteiger partial charge on any atom is 0.307 e. The first-order valence-electron chi connectivity index (χ1n) is 4.37. The van der Waals surface area contributed by atoms with E-state index in [2.05, 4.69) is 4.74 Å². The maximum absolute atomic E-state index is 11.4. The summed E-state index contributed by atoms with van der Waals surface area (Å²) in [7, 11) is 4.42. The zero-order chi connectivity index (χ0) is 11.1. The molecule has 0 bridgehead atoms. The molecule has 0 rings (SSSR count). The fraction of sp³-hybridized carbons (Fsp3) is 0.778. The first-order valence-corrected chi connectivity index (χ1v) is 4.37. The van der Waals surface area contributed by atoms with Crippen LogP contribution in [-0.4, -0.2) is 50.7 Å². The van der Waals surface area contributed by atoms with Gasteiger partial charge in [-0.3, -0.25) is 9.59 Å². The molecule has 1 atom stereocenters. The summed E-state index contributed by atoms with van der Waals surface area (Å²) in [6, 6.07) is 0. The summed E-state index contributed by atoms with van der Waals surface area (Å²) >= 11 is 0. The predicted octanol–water partition coefficient (Wildman–Crippen LogP) is 0.0428. The summed E-state index contributed by atoms with van der Waals surface area (Å²) < 4.78 is 9.32. The van der Waals surface area contributed by atoms with Gasteiger partial charge < -0.3 is 14.4 Å². The minimum absolute atomic E-state index is 0.142. The molecule has 0 aromatic rings. The highest BCUT2D eigenvalue weighted by Gasteiger charge is 2.17. The quantitative estimate of drug-likeness (QED) is 0.592. The van der Waals surface area contributed by atoms with Gasteiger partial charge >= 0.3 is 5.97 Å². The molecule has 0 saturated carbocycles. The molecule has 0 N–H and O–H groups in total. The van der Waals surface area contributed by atoms with E-state index in [0.29, 0.717) is 6.54 Å². The van der Waals surface area contributed by atoms with E-state index in [1.807, 2.05) is 0 Å². The second-order valence-electron chi connectivity index (χ2n) is 2.96. The van der Waals surface area contributed by atoms with Crippen LogP contribution in [0.4, 0.5) is 0 Å². The highest BCUT2D eigenvalue weighted by Crippen LogP contribution is 1.97. The molecule has 5 heteroatoms. The van der Waals surface area contributed by atoms with Crippen molar-refractivity contribution in [3.05, 3.63) is 0 Å². The number of esters is 1. The number of amides is 1. The van der Waals surface area contributed by atoms with Crippen LogP contribution in [0.2, 0.25) is 0 Å². The van der Waals surface area contributed by atoms with Gasteiger partial charge in [0.1, 0.15) is 6.10 Å². The smallest absolute Gasteiger partial charge is 0.307 e. The summed E-state index contributed by atoms with van der Waals surface area (Å²) in [5, 5.41) is 0. The Morgan fingerprint density at radius 2 is 1.93 bits per heavy atom. The number of rotatable bonds is 5. The molecule has 0 spiro atoms. The molecular weight excluding hydrogens is 186 g/mol. The summed E-state index contributed by atoms with van der Waals surface area (Å²) in [5.74, 6) is -0.467. The van der Waals surface area contributed by atoms with Crippen LogP contribution in [0.3, 0.4) is 0 Å². The fourth-order valence-electron chi connectivity index (χ4n) is 0.882. The molecule has 0 heterocycles. The molecule has 0 fully saturated rings. The molecule has 0 aliphatic rings. The largest absolute Gasteiger partial charge is 0.469 e. The lowest BCUT2D eigenvalue weighted by atomic mass is 10.3. The number of likely N-dealkylation sites (N-methyl/N-ethyl adjacent to an activating group) is 1. The lowest BCUT2D eigenvalue weighted by Gasteiger charge is -2.19. The zero-order valence-corrected chi connectivity index (χ0v) is 9.07. The topological polar surface area (TPSA) is 55.8 Å². The third-order valence-electron chi connectivity index (χ3n) is 1.96. The van der Waals surface area contributed by atoms with Crippen molar-refractivity contribution in [2.45, 2.75) is 19.4 Å². The molecule has 1 unspecified atom stereocenters. The average molecular weight is 203 g/mol. The van der Waals surface area contributed by atoms with Crippen LogP contribution in [0.1, 0.15) is 13.3 Å². The van der Waals surface area contributed by atoms with E-state index in [9.17, 15) is 9.59 Å². The molecule has 14 heavy (non-hydrogen) atoms. The molecule has 0 aromatic heterocycles. The zero-order valence-electron chi connectivity index (χ0n) is 9.07. The van der Waals surface area contributed by atoms with Gasteiger partial charge in [0, 0.05) is 20.7 Å². The Morgan fingerprint density at radius 1 is 1.36 bits per heavy atom. The SMILES string of the molecule is COC(=O)CCN(C)C(=O)C(C)OC. The molecule has 0 saturated heterocycles. The van der Waals surface area contributed by atoms with Gasteiger partial charge in [0.2, 0.25) is 0 Å². The Balaban J connectivity index is 3.90. The van der Waals surface area contributed by atoms with Crippen molar-refractivity contribution in [2.24, 2.45) is 0 Å². The molecule has 0 aromatic carbocycles. The minimum atomic E-state index is -0.474. The first-order chi connectivity index (χ1) is 6.52. The van der Waals surface area contributed by atoms with Crippen LogP contribution < -0.4 is 0 Å². The Morgan fingerprint density at radius 3 is 2.36 bits per heavy atom. The Labute approximate surface area is 84.0 Å². The fourth-order valence-corrected chi connectivity index (χ4v) is 0.882. The van der Waals surface area contributed by atoms with Crippen molar-refractivity contribution in [3.8, 4) is 0 Å². The minimum Gasteiger partial charge on any atom is -0.469 e. The Kier molecular flexibility index (Phi) is 5.87. The molecule has 0 aliphatic heterocycles. The van der Waals surface area contributed by atoms with E-state index in [4.69, 9.17) is 4.74 Å². The normalized spacial score (nSPS) is 12.0. The van der Waals surface area contributed by atoms with E-state index in [0.717, 1.165) is 0 Å². The molecule has 1 amide bonds. The van der Waals surface area contributed by atoms with E-state index in [1.54, 1.807) is 14.0 Å². The Hall–Kier alpha value is -1.10. The van der Waals surface area contributed by atoms with E-state index in [-0.39, 0.29) is 18.3 Å². The third kappa shape index (κ3) is 4.23. The second kappa shape index (κ2) is 6.37. The second-order valence-corrected chi connectivity index (χ2v) is 2.96. The van der Waals surface area contributed by atoms with Crippen LogP contribution >= 0.6 is 0 Å². The number of methoxy groups -OCH3 is 2. The van der Waals surface area contributed by atoms with Crippen LogP contribution in [0.5, 0.6) is 0 Å². The number of hydrogen-bond acceptors (Lipinski definition) is 4. The van der Waals surface area contributed by atoms with Crippen LogP contribution in [0.15, 0.2) is 0 Å². The van der Waals surface area contributed by atoms with E-state index < -0.39 is 6.10 Å². The third-order valence-corrected chi connectivity index (χ3v) is 1.96. The standard InChI is InChI=1S/C9H17NO4/c1-7(13-3)9(12)10(2)6-5-8(11)14-4/h7H,5-6H2,1-4H3. The molecule has 0 aliphatic carbocycles. The van der Waals surface area contributed by atoms with Crippen molar-refractivity contribution in [2.75, 3.05) is 27.8 Å². The molecule has 82 valence electrons. The Bertz CT molecular complexity index is 205. The van der Waals surface area contributed by atoms with Crippen molar-refractivity contribution in [3.63, 3.8) is 0 Å². The van der Waals surface area contributed by atoms with Crippen molar-refractivity contribution in [1.82, 2.24) is 4.90 Å². The predicted molar refractivity (Wildman–Crippen MR) is 50.7 cm³/mol. The summed E-state index contributed by atoms with van der Waals surface area (Å²) in [4.78, 5) is 23.7. The molecule has 0 radical (unpaired) electrons. The van der Waals surface area contributed by atoms with Gasteiger partial charge in [0.25, 0.3) is 5.91 Å². The van der Waals surface area contributed by atoms with Gasteiger partial charge in [-0.05, 0) is 6.92 Å². The number of hydrogen-bond donors (Lipinski definition) is 0. The average Bonchev–Trinajstić information content (AvgIpc) is 2.22. The van der Waals surface area contributed by atoms with Crippen LogP contribution in [-0.2, 0) is 19.1 Å². The lowest BCUT2D eigenvalue weighted by molar-refractivity contribution is -0.143.